The Bertz CT molecular complexity index is 326. The minimum Gasteiger partial charge on any atom is -0.378 e. The second-order valence-corrected chi connectivity index (χ2v) is 3.68. The molecule has 0 bridgehead atoms. The van der Waals surface area contributed by atoms with E-state index in [-0.39, 0.29) is 11.9 Å². The molecule has 1 N–H and O–H groups in total. The van der Waals surface area contributed by atoms with Crippen LogP contribution < -0.4 is 5.32 Å². The highest BCUT2D eigenvalue weighted by atomic mass is 35.5. The lowest BCUT2D eigenvalue weighted by Crippen LogP contribution is -2.35. The van der Waals surface area contributed by atoms with Gasteiger partial charge in [-0.05, 0) is 12.1 Å². The van der Waals surface area contributed by atoms with E-state index < -0.39 is 0 Å². The molecule has 0 unspecified atom stereocenters. The van der Waals surface area contributed by atoms with Crippen LogP contribution in [0.2, 0.25) is 5.02 Å². The summed E-state index contributed by atoms with van der Waals surface area (Å²) in [6.45, 7) is 1.96. The van der Waals surface area contributed by atoms with Gasteiger partial charge in [-0.3, -0.25) is 0 Å². The van der Waals surface area contributed by atoms with Gasteiger partial charge in [0.15, 0.2) is 0 Å². The molecule has 1 aromatic carbocycles. The van der Waals surface area contributed by atoms with Gasteiger partial charge in [-0.2, -0.15) is 0 Å². The molecule has 0 aromatic heterocycles. The summed E-state index contributed by atoms with van der Waals surface area (Å²) in [5, 5.41) is 3.61. The molecule has 1 aromatic rings. The van der Waals surface area contributed by atoms with Gasteiger partial charge >= 0.3 is 0 Å². The number of benzene rings is 1. The fourth-order valence-corrected chi connectivity index (χ4v) is 1.71. The first-order chi connectivity index (χ1) is 6.77. The van der Waals surface area contributed by atoms with E-state index in [1.807, 2.05) is 0 Å². The average Bonchev–Trinajstić information content (AvgIpc) is 2.19. The molecular weight excluding hydrogens is 205 g/mol. The van der Waals surface area contributed by atoms with Crippen LogP contribution in [0.5, 0.6) is 0 Å². The molecule has 0 saturated carbocycles. The first-order valence-electron chi connectivity index (χ1n) is 4.53. The summed E-state index contributed by atoms with van der Waals surface area (Å²) in [6, 6.07) is 4.66. The molecule has 76 valence electrons. The van der Waals surface area contributed by atoms with Gasteiger partial charge in [0.2, 0.25) is 0 Å². The van der Waals surface area contributed by atoms with Crippen LogP contribution in [-0.4, -0.2) is 19.8 Å². The summed E-state index contributed by atoms with van der Waals surface area (Å²) in [5.74, 6) is -0.277. The van der Waals surface area contributed by atoms with Crippen molar-refractivity contribution in [2.45, 2.75) is 6.04 Å². The van der Waals surface area contributed by atoms with Gasteiger partial charge in [0.1, 0.15) is 5.82 Å². The van der Waals surface area contributed by atoms with Gasteiger partial charge in [-0.25, -0.2) is 4.39 Å². The van der Waals surface area contributed by atoms with Crippen molar-refractivity contribution in [1.29, 1.82) is 0 Å². The average molecular weight is 216 g/mol. The molecule has 4 heteroatoms. The quantitative estimate of drug-likeness (QED) is 0.775. The maximum absolute atomic E-state index is 13.5. The number of nitrogens with one attached hydrogen (secondary N) is 1. The molecular formula is C10H11ClFNO. The zero-order valence-electron chi connectivity index (χ0n) is 7.59. The molecule has 1 aliphatic heterocycles. The molecule has 0 spiro atoms. The van der Waals surface area contributed by atoms with Gasteiger partial charge in [0.05, 0.1) is 19.3 Å². The van der Waals surface area contributed by atoms with Gasteiger partial charge in [-0.1, -0.05) is 17.7 Å². The van der Waals surface area contributed by atoms with Crippen molar-refractivity contribution in [2.24, 2.45) is 0 Å². The Kier molecular flexibility index (Phi) is 3.01. The SMILES string of the molecule is Fc1cc(Cl)ccc1[C@@H]1COCCN1. The van der Waals surface area contributed by atoms with Crippen LogP contribution in [0.3, 0.4) is 0 Å². The van der Waals surface area contributed by atoms with Gasteiger partial charge in [0.25, 0.3) is 0 Å². The van der Waals surface area contributed by atoms with Crippen molar-refractivity contribution in [1.82, 2.24) is 5.32 Å². The number of morpholine rings is 1. The minimum atomic E-state index is -0.277. The number of hydrogen-bond donors (Lipinski definition) is 1. The highest BCUT2D eigenvalue weighted by Crippen LogP contribution is 2.22. The van der Waals surface area contributed by atoms with E-state index in [1.165, 1.54) is 6.07 Å². The van der Waals surface area contributed by atoms with Crippen molar-refractivity contribution >= 4 is 11.6 Å². The third kappa shape index (κ3) is 2.05. The summed E-state index contributed by atoms with van der Waals surface area (Å²) >= 11 is 5.66. The van der Waals surface area contributed by atoms with Crippen LogP contribution in [0.15, 0.2) is 18.2 Å². The van der Waals surface area contributed by atoms with E-state index in [2.05, 4.69) is 5.32 Å². The lowest BCUT2D eigenvalue weighted by Gasteiger charge is -2.24. The molecule has 1 atom stereocenters. The topological polar surface area (TPSA) is 21.3 Å². The molecule has 1 aliphatic rings. The largest absolute Gasteiger partial charge is 0.378 e. The maximum atomic E-state index is 13.5. The van der Waals surface area contributed by atoms with Gasteiger partial charge in [-0.15, -0.1) is 0 Å². The van der Waals surface area contributed by atoms with Crippen molar-refractivity contribution in [3.05, 3.63) is 34.6 Å². The van der Waals surface area contributed by atoms with Crippen LogP contribution in [-0.2, 0) is 4.74 Å². The Morgan fingerprint density at radius 3 is 3.00 bits per heavy atom. The third-order valence-electron chi connectivity index (χ3n) is 2.26. The monoisotopic (exact) mass is 215 g/mol. The lowest BCUT2D eigenvalue weighted by molar-refractivity contribution is 0.0757. The molecule has 14 heavy (non-hydrogen) atoms. The number of hydrogen-bond acceptors (Lipinski definition) is 2. The van der Waals surface area contributed by atoms with Crippen LogP contribution in [0, 0.1) is 5.82 Å². The van der Waals surface area contributed by atoms with E-state index >= 15 is 0 Å². The Morgan fingerprint density at radius 2 is 2.36 bits per heavy atom. The second-order valence-electron chi connectivity index (χ2n) is 3.25. The second kappa shape index (κ2) is 4.26. The molecule has 0 radical (unpaired) electrons. The molecule has 1 fully saturated rings. The molecule has 1 saturated heterocycles. The summed E-state index contributed by atoms with van der Waals surface area (Å²) in [6.07, 6.45) is 0. The lowest BCUT2D eigenvalue weighted by atomic mass is 10.1. The number of halogens is 2. The van der Waals surface area contributed by atoms with Crippen LogP contribution in [0.25, 0.3) is 0 Å². The van der Waals surface area contributed by atoms with Crippen molar-refractivity contribution in [3.8, 4) is 0 Å². The normalized spacial score (nSPS) is 22.3. The minimum absolute atomic E-state index is 0.0546. The van der Waals surface area contributed by atoms with Crippen LogP contribution >= 0.6 is 11.6 Å². The van der Waals surface area contributed by atoms with Crippen LogP contribution in [0.4, 0.5) is 4.39 Å². The standard InChI is InChI=1S/C10H11ClFNO/c11-7-1-2-8(9(12)5-7)10-6-14-4-3-13-10/h1-2,5,10,13H,3-4,6H2/t10-/m0/s1. The van der Waals surface area contributed by atoms with E-state index in [0.29, 0.717) is 23.8 Å². The Labute approximate surface area is 87.0 Å². The highest BCUT2D eigenvalue weighted by molar-refractivity contribution is 6.30. The van der Waals surface area contributed by atoms with Crippen LogP contribution in [0.1, 0.15) is 11.6 Å². The maximum Gasteiger partial charge on any atom is 0.129 e. The Balaban J connectivity index is 2.22. The summed E-state index contributed by atoms with van der Waals surface area (Å²) in [5.41, 5.74) is 0.620. The smallest absolute Gasteiger partial charge is 0.129 e. The Hall–Kier alpha value is -0.640. The molecule has 2 rings (SSSR count). The first-order valence-corrected chi connectivity index (χ1v) is 4.91. The fourth-order valence-electron chi connectivity index (χ4n) is 1.55. The molecule has 0 aliphatic carbocycles. The van der Waals surface area contributed by atoms with Crippen molar-refractivity contribution in [3.63, 3.8) is 0 Å². The summed E-state index contributed by atoms with van der Waals surface area (Å²) in [7, 11) is 0. The van der Waals surface area contributed by atoms with Crippen molar-refractivity contribution in [2.75, 3.05) is 19.8 Å². The summed E-state index contributed by atoms with van der Waals surface area (Å²) in [4.78, 5) is 0. The zero-order chi connectivity index (χ0) is 9.97. The van der Waals surface area contributed by atoms with E-state index in [4.69, 9.17) is 16.3 Å². The van der Waals surface area contributed by atoms with E-state index in [0.717, 1.165) is 6.54 Å². The third-order valence-corrected chi connectivity index (χ3v) is 2.49. The molecule has 2 nitrogen and oxygen atoms in total. The number of ether oxygens (including phenoxy) is 1. The Morgan fingerprint density at radius 1 is 1.50 bits per heavy atom. The summed E-state index contributed by atoms with van der Waals surface area (Å²) < 4.78 is 18.7. The van der Waals surface area contributed by atoms with Gasteiger partial charge < -0.3 is 10.1 Å². The van der Waals surface area contributed by atoms with E-state index in [1.54, 1.807) is 12.1 Å². The first kappa shape index (κ1) is 9.90. The molecule has 0 amide bonds. The predicted molar refractivity (Wildman–Crippen MR) is 53.0 cm³/mol. The fraction of sp³-hybridized carbons (Fsp3) is 0.400. The predicted octanol–water partition coefficient (Wildman–Crippen LogP) is 2.14. The van der Waals surface area contributed by atoms with Gasteiger partial charge in [0, 0.05) is 17.1 Å². The number of rotatable bonds is 1. The zero-order valence-corrected chi connectivity index (χ0v) is 8.35. The van der Waals surface area contributed by atoms with E-state index in [9.17, 15) is 4.39 Å². The highest BCUT2D eigenvalue weighted by Gasteiger charge is 2.18. The molecule has 1 heterocycles. The van der Waals surface area contributed by atoms with Crippen molar-refractivity contribution < 1.29 is 9.13 Å².